The van der Waals surface area contributed by atoms with Crippen LogP contribution in [0.1, 0.15) is 11.3 Å². The van der Waals surface area contributed by atoms with Gasteiger partial charge in [0.05, 0.1) is 11.8 Å². The van der Waals surface area contributed by atoms with Gasteiger partial charge in [0.15, 0.2) is 0 Å². The van der Waals surface area contributed by atoms with Gasteiger partial charge in [0.1, 0.15) is 12.1 Å². The molecule has 1 heterocycles. The van der Waals surface area contributed by atoms with Crippen molar-refractivity contribution in [1.29, 1.82) is 5.26 Å². The highest BCUT2D eigenvalue weighted by atomic mass is 19.4. The Morgan fingerprint density at radius 1 is 1.60 bits per heavy atom. The van der Waals surface area contributed by atoms with Gasteiger partial charge in [-0.15, -0.1) is 0 Å². The van der Waals surface area contributed by atoms with Crippen LogP contribution in [0.4, 0.5) is 13.2 Å². The Morgan fingerprint density at radius 3 is 2.67 bits per heavy atom. The number of rotatable bonds is 1. The van der Waals surface area contributed by atoms with Crippen molar-refractivity contribution in [2.24, 2.45) is 0 Å². The molecule has 0 aliphatic rings. The van der Waals surface area contributed by atoms with Crippen molar-refractivity contribution >= 4 is 0 Å². The summed E-state index contributed by atoms with van der Waals surface area (Å²) in [7, 11) is 0. The lowest BCUT2D eigenvalue weighted by Gasteiger charge is -2.08. The fraction of sp³-hybridized carbons (Fsp3) is 0.375. The van der Waals surface area contributed by atoms with Crippen molar-refractivity contribution in [2.45, 2.75) is 19.6 Å². The third-order valence-electron chi connectivity index (χ3n) is 1.62. The fourth-order valence-corrected chi connectivity index (χ4v) is 1.05. The van der Waals surface area contributed by atoms with Gasteiger partial charge in [0, 0.05) is 0 Å². The molecule has 0 aliphatic carbocycles. The maximum Gasteiger partial charge on any atom is 0.421 e. The highest BCUT2D eigenvalue weighted by Gasteiger charge is 2.35. The van der Waals surface area contributed by atoms with Crippen molar-refractivity contribution in [1.82, 2.24) is 9.78 Å². The maximum atomic E-state index is 12.3. The maximum absolute atomic E-state index is 12.3. The molecule has 4 nitrogen and oxygen atoms in total. The lowest BCUT2D eigenvalue weighted by molar-refractivity contribution is -0.139. The summed E-state index contributed by atoms with van der Waals surface area (Å²) in [5, 5.41) is 11.8. The van der Waals surface area contributed by atoms with E-state index in [1.165, 1.54) is 6.92 Å². The highest BCUT2D eigenvalue weighted by Crippen LogP contribution is 2.26. The molecule has 0 saturated heterocycles. The molecule has 1 rings (SSSR count). The van der Waals surface area contributed by atoms with Crippen LogP contribution in [-0.4, -0.2) is 9.78 Å². The van der Waals surface area contributed by atoms with Gasteiger partial charge in [0.25, 0.3) is 5.56 Å². The Hall–Kier alpha value is -1.84. The van der Waals surface area contributed by atoms with Gasteiger partial charge in [-0.3, -0.25) is 4.79 Å². The van der Waals surface area contributed by atoms with Crippen LogP contribution in [0.15, 0.2) is 10.9 Å². The molecule has 0 aromatic carbocycles. The highest BCUT2D eigenvalue weighted by molar-refractivity contribution is 5.16. The second-order valence-corrected chi connectivity index (χ2v) is 2.82. The first kappa shape index (κ1) is 11.2. The van der Waals surface area contributed by atoms with Crippen LogP contribution in [0.2, 0.25) is 0 Å². The molecule has 0 N–H and O–H groups in total. The predicted octanol–water partition coefficient (Wildman–Crippen LogP) is 1.09. The van der Waals surface area contributed by atoms with Crippen LogP contribution in [-0.2, 0) is 12.7 Å². The van der Waals surface area contributed by atoms with E-state index in [0.717, 1.165) is 0 Å². The van der Waals surface area contributed by atoms with Gasteiger partial charge in [-0.25, -0.2) is 4.68 Å². The molecule has 0 radical (unpaired) electrons. The van der Waals surface area contributed by atoms with Crippen molar-refractivity contribution in [3.63, 3.8) is 0 Å². The second-order valence-electron chi connectivity index (χ2n) is 2.82. The Morgan fingerprint density at radius 2 is 2.20 bits per heavy atom. The first-order valence-corrected chi connectivity index (χ1v) is 3.89. The fourth-order valence-electron chi connectivity index (χ4n) is 1.05. The first-order valence-electron chi connectivity index (χ1n) is 3.89. The summed E-state index contributed by atoms with van der Waals surface area (Å²) >= 11 is 0. The van der Waals surface area contributed by atoms with E-state index in [4.69, 9.17) is 5.26 Å². The lowest BCUT2D eigenvalue weighted by atomic mass is 10.2. The van der Waals surface area contributed by atoms with Crippen LogP contribution in [0, 0.1) is 18.3 Å². The van der Waals surface area contributed by atoms with Gasteiger partial charge in [-0.05, 0) is 13.0 Å². The molecular formula is C8H6F3N3O. The van der Waals surface area contributed by atoms with E-state index < -0.39 is 23.8 Å². The summed E-state index contributed by atoms with van der Waals surface area (Å²) in [5.74, 6) is 0. The zero-order valence-electron chi connectivity index (χ0n) is 7.67. The van der Waals surface area contributed by atoms with E-state index in [1.54, 1.807) is 6.07 Å². The Kier molecular flexibility index (Phi) is 2.79. The van der Waals surface area contributed by atoms with Gasteiger partial charge in [-0.2, -0.15) is 23.5 Å². The predicted molar refractivity (Wildman–Crippen MR) is 43.8 cm³/mol. The molecule has 1 aromatic rings. The summed E-state index contributed by atoms with van der Waals surface area (Å²) in [5.41, 5.74) is -2.56. The van der Waals surface area contributed by atoms with Crippen LogP contribution in [0.25, 0.3) is 0 Å². The second kappa shape index (κ2) is 3.73. The van der Waals surface area contributed by atoms with E-state index >= 15 is 0 Å². The molecular weight excluding hydrogens is 211 g/mol. The van der Waals surface area contributed by atoms with E-state index in [9.17, 15) is 18.0 Å². The third kappa shape index (κ3) is 2.34. The van der Waals surface area contributed by atoms with E-state index in [-0.39, 0.29) is 5.69 Å². The molecule has 0 aliphatic heterocycles. The minimum Gasteiger partial charge on any atom is -0.267 e. The normalized spacial score (nSPS) is 11.1. The van der Waals surface area contributed by atoms with E-state index in [2.05, 4.69) is 5.10 Å². The topological polar surface area (TPSA) is 58.7 Å². The molecule has 0 bridgehead atoms. The number of nitrogens with zero attached hydrogens (tertiary/aromatic N) is 3. The Labute approximate surface area is 82.6 Å². The van der Waals surface area contributed by atoms with Gasteiger partial charge < -0.3 is 0 Å². The molecule has 0 unspecified atom stereocenters. The molecule has 7 heteroatoms. The number of aryl methyl sites for hydroxylation is 1. The molecule has 0 amide bonds. The number of hydrogen-bond acceptors (Lipinski definition) is 3. The summed E-state index contributed by atoms with van der Waals surface area (Å²) in [6.07, 6.45) is -4.72. The average Bonchev–Trinajstić information content (AvgIpc) is 2.09. The van der Waals surface area contributed by atoms with Crippen molar-refractivity contribution in [2.75, 3.05) is 0 Å². The Bertz CT molecular complexity index is 469. The van der Waals surface area contributed by atoms with Gasteiger partial charge in [-0.1, -0.05) is 0 Å². The van der Waals surface area contributed by atoms with Gasteiger partial charge >= 0.3 is 6.18 Å². The lowest BCUT2D eigenvalue weighted by Crippen LogP contribution is -2.30. The summed E-state index contributed by atoms with van der Waals surface area (Å²) in [6.45, 7) is 0.826. The number of nitriles is 1. The number of hydrogen-bond donors (Lipinski definition) is 0. The SMILES string of the molecule is Cc1cc(C(F)(F)F)c(=O)n(CC#N)n1. The monoisotopic (exact) mass is 217 g/mol. The third-order valence-corrected chi connectivity index (χ3v) is 1.62. The molecule has 0 atom stereocenters. The van der Waals surface area contributed by atoms with Crippen LogP contribution < -0.4 is 5.56 Å². The van der Waals surface area contributed by atoms with Crippen LogP contribution in [0.3, 0.4) is 0 Å². The van der Waals surface area contributed by atoms with E-state index in [0.29, 0.717) is 10.7 Å². The molecule has 0 spiro atoms. The zero-order chi connectivity index (χ0) is 11.6. The molecule has 0 saturated carbocycles. The molecule has 0 fully saturated rings. The van der Waals surface area contributed by atoms with Crippen molar-refractivity contribution < 1.29 is 13.2 Å². The van der Waals surface area contributed by atoms with Crippen molar-refractivity contribution in [3.05, 3.63) is 27.7 Å². The van der Waals surface area contributed by atoms with Crippen LogP contribution >= 0.6 is 0 Å². The Balaban J connectivity index is 3.44. The largest absolute Gasteiger partial charge is 0.421 e. The van der Waals surface area contributed by atoms with Crippen molar-refractivity contribution in [3.8, 4) is 6.07 Å². The standard InChI is InChI=1S/C8H6F3N3O/c1-5-4-6(8(9,10)11)7(15)14(13-5)3-2-12/h4H,3H2,1H3. The van der Waals surface area contributed by atoms with E-state index in [1.807, 2.05) is 0 Å². The first-order chi connectivity index (χ1) is 6.86. The number of aromatic nitrogens is 2. The summed E-state index contributed by atoms with van der Waals surface area (Å²) in [6, 6.07) is 2.23. The zero-order valence-corrected chi connectivity index (χ0v) is 7.67. The summed E-state index contributed by atoms with van der Waals surface area (Å²) < 4.78 is 37.5. The average molecular weight is 217 g/mol. The number of halogens is 3. The summed E-state index contributed by atoms with van der Waals surface area (Å²) in [4.78, 5) is 11.2. The smallest absolute Gasteiger partial charge is 0.267 e. The van der Waals surface area contributed by atoms with Crippen LogP contribution in [0.5, 0.6) is 0 Å². The quantitative estimate of drug-likeness (QED) is 0.707. The molecule has 80 valence electrons. The van der Waals surface area contributed by atoms with Gasteiger partial charge in [0.2, 0.25) is 0 Å². The molecule has 15 heavy (non-hydrogen) atoms. The minimum absolute atomic E-state index is 0.0391. The minimum atomic E-state index is -4.72. The number of alkyl halides is 3. The molecule has 1 aromatic heterocycles.